The Bertz CT molecular complexity index is 566. The number of methoxy groups -OCH3 is 1. The fourth-order valence-corrected chi connectivity index (χ4v) is 4.06. The second kappa shape index (κ2) is 14.3. The smallest absolute Gasteiger partial charge is 0.191 e. The van der Waals surface area contributed by atoms with Gasteiger partial charge in [0.05, 0.1) is 6.61 Å². The first-order valence-corrected chi connectivity index (χ1v) is 10.8. The number of hydrogen-bond acceptors (Lipinski definition) is 4. The van der Waals surface area contributed by atoms with Gasteiger partial charge in [-0.15, -0.1) is 24.0 Å². The van der Waals surface area contributed by atoms with Gasteiger partial charge in [0.25, 0.3) is 0 Å². The van der Waals surface area contributed by atoms with Crippen molar-refractivity contribution >= 4 is 40.7 Å². The number of likely N-dealkylation sites (tertiary alicyclic amines) is 1. The molecule has 27 heavy (non-hydrogen) atoms. The van der Waals surface area contributed by atoms with Crippen molar-refractivity contribution in [2.24, 2.45) is 4.99 Å². The Morgan fingerprint density at radius 3 is 2.63 bits per heavy atom. The molecule has 1 saturated heterocycles. The van der Waals surface area contributed by atoms with E-state index in [4.69, 9.17) is 4.74 Å². The largest absolute Gasteiger partial charge is 0.383 e. The van der Waals surface area contributed by atoms with Gasteiger partial charge in [0.2, 0.25) is 0 Å². The lowest BCUT2D eigenvalue weighted by atomic mass is 10.1. The maximum atomic E-state index is 12.2. The highest BCUT2D eigenvalue weighted by Gasteiger charge is 2.19. The fourth-order valence-electron chi connectivity index (χ4n) is 3.02. The summed E-state index contributed by atoms with van der Waals surface area (Å²) >= 11 is 0. The minimum Gasteiger partial charge on any atom is -0.383 e. The molecule has 1 aliphatic heterocycles. The molecule has 0 bridgehead atoms. The van der Waals surface area contributed by atoms with Crippen LogP contribution in [0.3, 0.4) is 0 Å². The fraction of sp³-hybridized carbons (Fsp3) is 0.632. The van der Waals surface area contributed by atoms with Gasteiger partial charge in [-0.3, -0.25) is 9.20 Å². The van der Waals surface area contributed by atoms with Crippen molar-refractivity contribution in [3.8, 4) is 0 Å². The van der Waals surface area contributed by atoms with E-state index in [1.807, 2.05) is 30.3 Å². The molecule has 1 aliphatic rings. The van der Waals surface area contributed by atoms with Gasteiger partial charge in [0.15, 0.2) is 5.96 Å². The zero-order valence-electron chi connectivity index (χ0n) is 16.4. The number of benzene rings is 1. The molecular formula is C19H33IN4O2S. The van der Waals surface area contributed by atoms with Crippen molar-refractivity contribution in [2.75, 3.05) is 52.7 Å². The van der Waals surface area contributed by atoms with Crippen LogP contribution in [0.4, 0.5) is 0 Å². The molecule has 1 fully saturated rings. The van der Waals surface area contributed by atoms with Crippen molar-refractivity contribution in [1.29, 1.82) is 0 Å². The third-order valence-corrected chi connectivity index (χ3v) is 5.87. The predicted octanol–water partition coefficient (Wildman–Crippen LogP) is 1.83. The van der Waals surface area contributed by atoms with Crippen LogP contribution in [0.2, 0.25) is 0 Å². The van der Waals surface area contributed by atoms with Crippen LogP contribution < -0.4 is 10.6 Å². The summed E-state index contributed by atoms with van der Waals surface area (Å²) in [7, 11) is 2.66. The van der Waals surface area contributed by atoms with Crippen LogP contribution in [0.15, 0.2) is 35.3 Å². The van der Waals surface area contributed by atoms with E-state index in [0.29, 0.717) is 24.1 Å². The van der Waals surface area contributed by atoms with E-state index >= 15 is 0 Å². The molecule has 1 heterocycles. The van der Waals surface area contributed by atoms with Crippen LogP contribution in [-0.2, 0) is 21.3 Å². The van der Waals surface area contributed by atoms with E-state index in [1.165, 1.54) is 0 Å². The van der Waals surface area contributed by atoms with Crippen LogP contribution in [0.25, 0.3) is 0 Å². The molecule has 8 heteroatoms. The first kappa shape index (κ1) is 24.3. The van der Waals surface area contributed by atoms with Gasteiger partial charge in [0, 0.05) is 68.7 Å². The van der Waals surface area contributed by atoms with Gasteiger partial charge in [-0.1, -0.05) is 30.3 Å². The van der Waals surface area contributed by atoms with Crippen molar-refractivity contribution in [2.45, 2.75) is 24.6 Å². The van der Waals surface area contributed by atoms with Crippen LogP contribution >= 0.6 is 24.0 Å². The predicted molar refractivity (Wildman–Crippen MR) is 124 cm³/mol. The number of ether oxygens (including phenoxy) is 1. The Balaban J connectivity index is 0.00000364. The zero-order valence-corrected chi connectivity index (χ0v) is 19.5. The van der Waals surface area contributed by atoms with Crippen LogP contribution in [0, 0.1) is 0 Å². The number of nitrogens with one attached hydrogen (secondary N) is 2. The summed E-state index contributed by atoms with van der Waals surface area (Å²) in [5, 5.41) is 6.78. The van der Waals surface area contributed by atoms with Gasteiger partial charge in [0.1, 0.15) is 0 Å². The van der Waals surface area contributed by atoms with Gasteiger partial charge < -0.3 is 20.3 Å². The molecule has 0 aromatic heterocycles. The standard InChI is InChI=1S/C19H32N4O2S.HI/c1-20-19(22-18-8-11-23(12-9-18)13-14-25-2)21-10-15-26(24)16-17-6-4-3-5-7-17;/h3-7,18H,8-16H2,1-2H3,(H2,20,21,22);1H. The molecule has 1 aromatic carbocycles. The Hall–Kier alpha value is -0.710. The third kappa shape index (κ3) is 9.87. The average Bonchev–Trinajstić information content (AvgIpc) is 2.67. The molecule has 6 nitrogen and oxygen atoms in total. The van der Waals surface area contributed by atoms with E-state index in [2.05, 4.69) is 20.5 Å². The summed E-state index contributed by atoms with van der Waals surface area (Å²) in [6.45, 7) is 4.62. The molecule has 154 valence electrons. The quantitative estimate of drug-likeness (QED) is 0.303. The van der Waals surface area contributed by atoms with Crippen LogP contribution in [0.5, 0.6) is 0 Å². The molecule has 0 amide bonds. The molecule has 0 spiro atoms. The van der Waals surface area contributed by atoms with Crippen LogP contribution in [0.1, 0.15) is 18.4 Å². The third-order valence-electron chi connectivity index (χ3n) is 4.56. The topological polar surface area (TPSA) is 66.0 Å². The molecule has 1 unspecified atom stereocenters. The van der Waals surface area contributed by atoms with E-state index < -0.39 is 10.8 Å². The summed E-state index contributed by atoms with van der Waals surface area (Å²) in [4.78, 5) is 6.73. The van der Waals surface area contributed by atoms with Gasteiger partial charge >= 0.3 is 0 Å². The summed E-state index contributed by atoms with van der Waals surface area (Å²) in [5.74, 6) is 2.02. The maximum absolute atomic E-state index is 12.2. The summed E-state index contributed by atoms with van der Waals surface area (Å²) in [5.41, 5.74) is 1.12. The maximum Gasteiger partial charge on any atom is 0.191 e. The molecule has 0 saturated carbocycles. The molecule has 2 N–H and O–H groups in total. The highest BCUT2D eigenvalue weighted by molar-refractivity contribution is 14.0. The highest BCUT2D eigenvalue weighted by atomic mass is 127. The number of hydrogen-bond donors (Lipinski definition) is 2. The number of piperidine rings is 1. The van der Waals surface area contributed by atoms with E-state index in [9.17, 15) is 4.21 Å². The molecule has 1 atom stereocenters. The molecule has 0 radical (unpaired) electrons. The Kier molecular flexibility index (Phi) is 12.9. The molecule has 2 rings (SSSR count). The van der Waals surface area contributed by atoms with Crippen molar-refractivity contribution in [1.82, 2.24) is 15.5 Å². The monoisotopic (exact) mass is 508 g/mol. The molecule has 1 aromatic rings. The van der Waals surface area contributed by atoms with Gasteiger partial charge in [-0.2, -0.15) is 0 Å². The van der Waals surface area contributed by atoms with Gasteiger partial charge in [-0.25, -0.2) is 0 Å². The van der Waals surface area contributed by atoms with Crippen molar-refractivity contribution < 1.29 is 8.95 Å². The average molecular weight is 508 g/mol. The first-order chi connectivity index (χ1) is 12.7. The van der Waals surface area contributed by atoms with E-state index in [-0.39, 0.29) is 24.0 Å². The number of guanidine groups is 1. The zero-order chi connectivity index (χ0) is 18.6. The summed E-state index contributed by atoms with van der Waals surface area (Å²) < 4.78 is 17.3. The summed E-state index contributed by atoms with van der Waals surface area (Å²) in [6, 6.07) is 10.4. The molecular weight excluding hydrogens is 475 g/mol. The minimum absolute atomic E-state index is 0. The normalized spacial score (nSPS) is 17.2. The van der Waals surface area contributed by atoms with E-state index in [0.717, 1.165) is 50.6 Å². The number of halogens is 1. The number of aliphatic imine (C=N–C) groups is 1. The lowest BCUT2D eigenvalue weighted by Gasteiger charge is -2.32. The SMILES string of the molecule is CN=C(NCCS(=O)Cc1ccccc1)NC1CCN(CCOC)CC1.I. The minimum atomic E-state index is -0.868. The Morgan fingerprint density at radius 1 is 1.30 bits per heavy atom. The van der Waals surface area contributed by atoms with Crippen molar-refractivity contribution in [3.63, 3.8) is 0 Å². The highest BCUT2D eigenvalue weighted by Crippen LogP contribution is 2.09. The number of nitrogens with zero attached hydrogens (tertiary/aromatic N) is 2. The first-order valence-electron chi connectivity index (χ1n) is 9.28. The lowest BCUT2D eigenvalue weighted by molar-refractivity contribution is 0.128. The van der Waals surface area contributed by atoms with Gasteiger partial charge in [-0.05, 0) is 18.4 Å². The Morgan fingerprint density at radius 2 is 2.00 bits per heavy atom. The van der Waals surface area contributed by atoms with Crippen LogP contribution in [-0.4, -0.2) is 73.8 Å². The second-order valence-electron chi connectivity index (χ2n) is 6.53. The number of rotatable bonds is 9. The summed E-state index contributed by atoms with van der Waals surface area (Å²) in [6.07, 6.45) is 2.20. The van der Waals surface area contributed by atoms with Crippen molar-refractivity contribution in [3.05, 3.63) is 35.9 Å². The Labute approximate surface area is 183 Å². The second-order valence-corrected chi connectivity index (χ2v) is 8.10. The van der Waals surface area contributed by atoms with E-state index in [1.54, 1.807) is 14.2 Å². The lowest BCUT2D eigenvalue weighted by Crippen LogP contribution is -2.49. The molecule has 0 aliphatic carbocycles.